The lowest BCUT2D eigenvalue weighted by molar-refractivity contribution is 0.102. The van der Waals surface area contributed by atoms with Crippen LogP contribution in [0.15, 0.2) is 68.4 Å². The van der Waals surface area contributed by atoms with E-state index in [0.29, 0.717) is 33.3 Å². The zero-order valence-corrected chi connectivity index (χ0v) is 19.1. The van der Waals surface area contributed by atoms with E-state index >= 15 is 0 Å². The van der Waals surface area contributed by atoms with Crippen molar-refractivity contribution in [2.24, 2.45) is 0 Å². The molecule has 3 aromatic heterocycles. The Morgan fingerprint density at radius 2 is 2.03 bits per heavy atom. The van der Waals surface area contributed by atoms with Crippen molar-refractivity contribution in [2.75, 3.05) is 5.32 Å². The molecule has 0 saturated heterocycles. The van der Waals surface area contributed by atoms with Gasteiger partial charge in [-0.1, -0.05) is 33.6 Å². The van der Waals surface area contributed by atoms with Gasteiger partial charge in [0.15, 0.2) is 0 Å². The Kier molecular flexibility index (Phi) is 5.45. The van der Waals surface area contributed by atoms with Crippen LogP contribution >= 0.6 is 27.5 Å². The Balaban J connectivity index is 1.48. The quantitative estimate of drug-likeness (QED) is 0.307. The van der Waals surface area contributed by atoms with Gasteiger partial charge in [-0.3, -0.25) is 14.6 Å². The number of amides is 1. The van der Waals surface area contributed by atoms with E-state index in [-0.39, 0.29) is 28.7 Å². The molecule has 0 fully saturated rings. The highest BCUT2D eigenvalue weighted by molar-refractivity contribution is 9.10. The van der Waals surface area contributed by atoms with E-state index in [4.69, 9.17) is 21.1 Å². The predicted molar refractivity (Wildman–Crippen MR) is 128 cm³/mol. The standard InChI is InChI=1S/C23H14BrClN4O4/c24-12-2-6-18-15(7-12)19-20(33-18)23(32)29-21(28-19)14-4-3-13(8-16(14)25)27-22(31)17-5-1-11(10-30)9-26-17/h1-9,30H,10H2,(H,27,31)(H,28,29,32). The van der Waals surface area contributed by atoms with Gasteiger partial charge in [0.25, 0.3) is 11.5 Å². The van der Waals surface area contributed by atoms with Gasteiger partial charge in [0.05, 0.1) is 11.6 Å². The summed E-state index contributed by atoms with van der Waals surface area (Å²) in [5.41, 5.74) is 2.42. The van der Waals surface area contributed by atoms with Crippen molar-refractivity contribution >= 4 is 61.2 Å². The Morgan fingerprint density at radius 3 is 2.76 bits per heavy atom. The van der Waals surface area contributed by atoms with Gasteiger partial charge in [-0.25, -0.2) is 4.98 Å². The SMILES string of the molecule is O=C(Nc1ccc(-c2nc3c(oc4ccc(Br)cc43)c(=O)[nH]2)c(Cl)c1)c1ccc(CO)cn1. The van der Waals surface area contributed by atoms with Gasteiger partial charge < -0.3 is 19.8 Å². The number of nitrogens with zero attached hydrogens (tertiary/aromatic N) is 2. The fourth-order valence-electron chi connectivity index (χ4n) is 3.39. The molecule has 0 spiro atoms. The second-order valence-electron chi connectivity index (χ2n) is 7.19. The van der Waals surface area contributed by atoms with E-state index in [1.165, 1.54) is 12.3 Å². The third kappa shape index (κ3) is 4.02. The fraction of sp³-hybridized carbons (Fsp3) is 0.0435. The van der Waals surface area contributed by atoms with Crippen LogP contribution in [0.25, 0.3) is 33.5 Å². The van der Waals surface area contributed by atoms with Crippen molar-refractivity contribution < 1.29 is 14.3 Å². The number of carbonyl (C=O) groups is 1. The largest absolute Gasteiger partial charge is 0.449 e. The summed E-state index contributed by atoms with van der Waals surface area (Å²) in [6, 6.07) is 13.4. The molecule has 0 atom stereocenters. The van der Waals surface area contributed by atoms with Crippen LogP contribution in [0.2, 0.25) is 5.02 Å². The predicted octanol–water partition coefficient (Wildman–Crippen LogP) is 4.89. The van der Waals surface area contributed by atoms with Crippen LogP contribution in [0.5, 0.6) is 0 Å². The maximum atomic E-state index is 12.6. The van der Waals surface area contributed by atoms with Crippen LogP contribution in [0, 0.1) is 0 Å². The van der Waals surface area contributed by atoms with Gasteiger partial charge in [-0.05, 0) is 48.0 Å². The summed E-state index contributed by atoms with van der Waals surface area (Å²) in [5.74, 6) is -0.147. The number of H-pyrrole nitrogens is 1. The molecule has 5 aromatic rings. The first-order valence-corrected chi connectivity index (χ1v) is 10.9. The number of aromatic amines is 1. The van der Waals surface area contributed by atoms with Gasteiger partial charge in [0, 0.05) is 27.3 Å². The highest BCUT2D eigenvalue weighted by Gasteiger charge is 2.16. The zero-order valence-electron chi connectivity index (χ0n) is 16.7. The van der Waals surface area contributed by atoms with Crippen molar-refractivity contribution in [2.45, 2.75) is 6.61 Å². The van der Waals surface area contributed by atoms with Crippen molar-refractivity contribution in [1.82, 2.24) is 15.0 Å². The maximum Gasteiger partial charge on any atom is 0.294 e. The van der Waals surface area contributed by atoms with Crippen molar-refractivity contribution in [3.63, 3.8) is 0 Å². The lowest BCUT2D eigenvalue weighted by Gasteiger charge is -2.09. The highest BCUT2D eigenvalue weighted by atomic mass is 79.9. The number of benzene rings is 2. The lowest BCUT2D eigenvalue weighted by atomic mass is 10.1. The zero-order chi connectivity index (χ0) is 23.1. The second-order valence-corrected chi connectivity index (χ2v) is 8.52. The molecule has 2 aromatic carbocycles. The Labute approximate surface area is 199 Å². The Bertz CT molecular complexity index is 1590. The van der Waals surface area contributed by atoms with Crippen molar-refractivity contribution in [3.05, 3.63) is 85.8 Å². The summed E-state index contributed by atoms with van der Waals surface area (Å²) in [4.78, 5) is 36.4. The Morgan fingerprint density at radius 1 is 1.18 bits per heavy atom. The molecule has 164 valence electrons. The molecule has 0 bridgehead atoms. The molecule has 0 aliphatic rings. The number of hydrogen-bond acceptors (Lipinski definition) is 6. The summed E-state index contributed by atoms with van der Waals surface area (Å²) < 4.78 is 6.48. The molecule has 3 heterocycles. The molecule has 33 heavy (non-hydrogen) atoms. The summed E-state index contributed by atoms with van der Waals surface area (Å²) >= 11 is 9.89. The molecule has 8 nitrogen and oxygen atoms in total. The number of carbonyl (C=O) groups excluding carboxylic acids is 1. The van der Waals surface area contributed by atoms with E-state index in [2.05, 4.69) is 36.2 Å². The van der Waals surface area contributed by atoms with Crippen LogP contribution in [-0.4, -0.2) is 26.0 Å². The van der Waals surface area contributed by atoms with Crippen LogP contribution in [-0.2, 0) is 6.61 Å². The first kappa shape index (κ1) is 21.3. The number of anilines is 1. The van der Waals surface area contributed by atoms with E-state index in [9.17, 15) is 9.59 Å². The maximum absolute atomic E-state index is 12.6. The number of aliphatic hydroxyl groups is 1. The van der Waals surface area contributed by atoms with E-state index < -0.39 is 11.5 Å². The first-order valence-electron chi connectivity index (χ1n) is 9.72. The second kappa shape index (κ2) is 8.43. The molecule has 0 radical (unpaired) electrons. The molecule has 3 N–H and O–H groups in total. The molecule has 5 rings (SSSR count). The smallest absolute Gasteiger partial charge is 0.294 e. The average Bonchev–Trinajstić information content (AvgIpc) is 3.17. The minimum atomic E-state index is -0.424. The number of aliphatic hydroxyl groups excluding tert-OH is 1. The van der Waals surface area contributed by atoms with Crippen LogP contribution in [0.1, 0.15) is 16.1 Å². The molecular formula is C23H14BrClN4O4. The third-order valence-electron chi connectivity index (χ3n) is 5.01. The molecule has 0 aliphatic carbocycles. The number of aromatic nitrogens is 3. The molecule has 1 amide bonds. The summed E-state index contributed by atoms with van der Waals surface area (Å²) in [7, 11) is 0. The number of pyridine rings is 1. The van der Waals surface area contributed by atoms with Gasteiger partial charge >= 0.3 is 0 Å². The van der Waals surface area contributed by atoms with E-state index in [1.807, 2.05) is 12.1 Å². The van der Waals surface area contributed by atoms with Crippen LogP contribution in [0.4, 0.5) is 5.69 Å². The normalized spacial score (nSPS) is 11.2. The third-order valence-corrected chi connectivity index (χ3v) is 5.81. The molecule has 0 aliphatic heterocycles. The summed E-state index contributed by atoms with van der Waals surface area (Å²) in [6.07, 6.45) is 1.43. The van der Waals surface area contributed by atoms with Crippen LogP contribution < -0.4 is 10.9 Å². The summed E-state index contributed by atoms with van der Waals surface area (Å²) in [6.45, 7) is -0.153. The minimum absolute atomic E-state index is 0.131. The average molecular weight is 526 g/mol. The highest BCUT2D eigenvalue weighted by Crippen LogP contribution is 2.32. The van der Waals surface area contributed by atoms with E-state index in [0.717, 1.165) is 4.47 Å². The molecule has 0 saturated carbocycles. The monoisotopic (exact) mass is 524 g/mol. The number of hydrogen-bond donors (Lipinski definition) is 3. The number of nitrogens with one attached hydrogen (secondary N) is 2. The minimum Gasteiger partial charge on any atom is -0.449 e. The van der Waals surface area contributed by atoms with E-state index in [1.54, 1.807) is 30.3 Å². The number of furan rings is 1. The Hall–Kier alpha value is -3.53. The van der Waals surface area contributed by atoms with Crippen molar-refractivity contribution in [3.8, 4) is 11.4 Å². The number of halogens is 2. The van der Waals surface area contributed by atoms with Gasteiger partial charge in [0.1, 0.15) is 22.6 Å². The molecular weight excluding hydrogens is 512 g/mol. The fourth-order valence-corrected chi connectivity index (χ4v) is 4.02. The molecule has 10 heteroatoms. The van der Waals surface area contributed by atoms with Crippen molar-refractivity contribution in [1.29, 1.82) is 0 Å². The van der Waals surface area contributed by atoms with Crippen LogP contribution in [0.3, 0.4) is 0 Å². The molecule has 0 unspecified atom stereocenters. The topological polar surface area (TPSA) is 121 Å². The lowest BCUT2D eigenvalue weighted by Crippen LogP contribution is -2.14. The number of rotatable bonds is 4. The summed E-state index contributed by atoms with van der Waals surface area (Å²) in [5, 5.41) is 12.8. The number of fused-ring (bicyclic) bond motifs is 3. The van der Waals surface area contributed by atoms with Gasteiger partial charge in [0.2, 0.25) is 5.58 Å². The van der Waals surface area contributed by atoms with Gasteiger partial charge in [-0.2, -0.15) is 0 Å². The first-order chi connectivity index (χ1) is 15.9. The van der Waals surface area contributed by atoms with Gasteiger partial charge in [-0.15, -0.1) is 0 Å².